The number of carboxylic acids is 1. The number of rotatable bonds is 9. The Kier molecular flexibility index (Phi) is 6.85. The maximum atomic E-state index is 11.3. The number of ether oxygens (including phenoxy) is 1. The summed E-state index contributed by atoms with van der Waals surface area (Å²) in [7, 11) is 1.82. The van der Waals surface area contributed by atoms with Crippen LogP contribution in [0.2, 0.25) is 0 Å². The van der Waals surface area contributed by atoms with E-state index < -0.39 is 5.97 Å². The third kappa shape index (κ3) is 5.29. The molecule has 176 valence electrons. The first-order valence-corrected chi connectivity index (χ1v) is 11.3. The number of aromatic nitrogens is 6. The molecule has 0 saturated heterocycles. The largest absolute Gasteiger partial charge is 0.489 e. The molecule has 1 saturated carbocycles. The highest BCUT2D eigenvalue weighted by Crippen LogP contribution is 2.30. The van der Waals surface area contributed by atoms with Crippen LogP contribution in [0.25, 0.3) is 11.4 Å². The van der Waals surface area contributed by atoms with Crippen molar-refractivity contribution in [1.29, 1.82) is 0 Å². The average molecular weight is 456 g/mol. The van der Waals surface area contributed by atoms with E-state index in [1.54, 1.807) is 4.68 Å². The summed E-state index contributed by atoms with van der Waals surface area (Å²) in [5.74, 6) is 0.589. The zero-order chi connectivity index (χ0) is 23.4. The minimum atomic E-state index is -0.750. The van der Waals surface area contributed by atoms with Crippen molar-refractivity contribution in [3.05, 3.63) is 29.4 Å². The highest BCUT2D eigenvalue weighted by molar-refractivity contribution is 5.70. The van der Waals surface area contributed by atoms with E-state index in [9.17, 15) is 9.90 Å². The molecule has 11 heteroatoms. The summed E-state index contributed by atoms with van der Waals surface area (Å²) < 4.78 is 13.0. The maximum Gasteiger partial charge on any atom is 0.306 e. The third-order valence-corrected chi connectivity index (χ3v) is 5.84. The third-order valence-electron chi connectivity index (χ3n) is 5.84. The Labute approximate surface area is 191 Å². The van der Waals surface area contributed by atoms with Crippen molar-refractivity contribution >= 4 is 11.9 Å². The molecule has 0 bridgehead atoms. The molecule has 4 rings (SSSR count). The predicted molar refractivity (Wildman–Crippen MR) is 119 cm³/mol. The van der Waals surface area contributed by atoms with Gasteiger partial charge in [-0.2, -0.15) is 4.98 Å². The highest BCUT2D eigenvalue weighted by Gasteiger charge is 2.28. The summed E-state index contributed by atoms with van der Waals surface area (Å²) in [6, 6.07) is 3.71. The zero-order valence-electron chi connectivity index (χ0n) is 19.1. The quantitative estimate of drug-likeness (QED) is 0.494. The SMILES string of the molecule is CCCc1nc(NCc2c(-c3ccc(O[C@H]4CCC[C@H](C(=O)O)C4)c(C)n3)nnn2C)no1. The number of nitrogens with zero attached hydrogens (tertiary/aromatic N) is 6. The van der Waals surface area contributed by atoms with Crippen LogP contribution in [0.1, 0.15) is 56.3 Å². The lowest BCUT2D eigenvalue weighted by molar-refractivity contribution is -0.143. The van der Waals surface area contributed by atoms with Gasteiger partial charge in [0, 0.05) is 13.5 Å². The maximum absolute atomic E-state index is 11.3. The molecular weight excluding hydrogens is 426 g/mol. The molecule has 0 aromatic carbocycles. The monoisotopic (exact) mass is 455 g/mol. The van der Waals surface area contributed by atoms with Crippen molar-refractivity contribution in [3.63, 3.8) is 0 Å². The molecule has 3 aromatic heterocycles. The van der Waals surface area contributed by atoms with E-state index >= 15 is 0 Å². The van der Waals surface area contributed by atoms with Crippen molar-refractivity contribution in [2.75, 3.05) is 5.32 Å². The number of hydrogen-bond acceptors (Lipinski definition) is 9. The van der Waals surface area contributed by atoms with Gasteiger partial charge in [0.15, 0.2) is 0 Å². The highest BCUT2D eigenvalue weighted by atomic mass is 16.5. The van der Waals surface area contributed by atoms with Gasteiger partial charge in [-0.25, -0.2) is 9.67 Å². The smallest absolute Gasteiger partial charge is 0.306 e. The molecule has 3 aromatic rings. The standard InChI is InChI=1S/C22H29N7O4/c1-4-6-19-25-22(27-33-19)23-12-17-20(26-28-29(17)3)16-9-10-18(13(2)24-16)32-15-8-5-7-14(11-15)21(30)31/h9-10,14-15H,4-8,11-12H2,1-3H3,(H,23,27)(H,30,31)/t14-,15-/m0/s1. The Morgan fingerprint density at radius 3 is 2.94 bits per heavy atom. The van der Waals surface area contributed by atoms with Gasteiger partial charge in [-0.1, -0.05) is 12.1 Å². The van der Waals surface area contributed by atoms with Crippen LogP contribution in [0.5, 0.6) is 5.75 Å². The summed E-state index contributed by atoms with van der Waals surface area (Å²) in [5.41, 5.74) is 2.88. The number of hydrogen-bond donors (Lipinski definition) is 2. The van der Waals surface area contributed by atoms with Gasteiger partial charge in [-0.3, -0.25) is 4.79 Å². The Hall–Kier alpha value is -3.50. The molecule has 0 amide bonds. The lowest BCUT2D eigenvalue weighted by atomic mass is 9.87. The van der Waals surface area contributed by atoms with Crippen molar-refractivity contribution in [3.8, 4) is 17.1 Å². The second-order valence-corrected chi connectivity index (χ2v) is 8.35. The number of nitrogens with one attached hydrogen (secondary N) is 1. The Morgan fingerprint density at radius 1 is 1.33 bits per heavy atom. The van der Waals surface area contributed by atoms with Crippen molar-refractivity contribution in [2.24, 2.45) is 13.0 Å². The fourth-order valence-corrected chi connectivity index (χ4v) is 4.04. The number of carbonyl (C=O) groups is 1. The normalized spacial score (nSPS) is 18.3. The first kappa shape index (κ1) is 22.7. The van der Waals surface area contributed by atoms with E-state index in [4.69, 9.17) is 9.26 Å². The Balaban J connectivity index is 1.46. The summed E-state index contributed by atoms with van der Waals surface area (Å²) in [6.07, 6.45) is 4.48. The van der Waals surface area contributed by atoms with Crippen LogP contribution in [0.15, 0.2) is 16.7 Å². The van der Waals surface area contributed by atoms with E-state index in [-0.39, 0.29) is 12.0 Å². The average Bonchev–Trinajstić information content (AvgIpc) is 3.40. The van der Waals surface area contributed by atoms with Gasteiger partial charge in [-0.15, -0.1) is 5.10 Å². The van der Waals surface area contributed by atoms with Crippen LogP contribution in [-0.4, -0.2) is 47.3 Å². The Morgan fingerprint density at radius 2 is 2.18 bits per heavy atom. The lowest BCUT2D eigenvalue weighted by Gasteiger charge is -2.27. The van der Waals surface area contributed by atoms with Crippen LogP contribution in [0, 0.1) is 12.8 Å². The van der Waals surface area contributed by atoms with Gasteiger partial charge in [-0.05, 0) is 56.3 Å². The fraction of sp³-hybridized carbons (Fsp3) is 0.545. The zero-order valence-corrected chi connectivity index (χ0v) is 19.1. The van der Waals surface area contributed by atoms with E-state index in [1.165, 1.54) is 0 Å². The molecule has 1 aliphatic carbocycles. The van der Waals surface area contributed by atoms with Crippen LogP contribution in [0.4, 0.5) is 5.95 Å². The Bertz CT molecular complexity index is 1110. The molecule has 0 unspecified atom stereocenters. The van der Waals surface area contributed by atoms with Gasteiger partial charge in [0.2, 0.25) is 5.89 Å². The van der Waals surface area contributed by atoms with Crippen molar-refractivity contribution in [2.45, 2.75) is 65.0 Å². The number of aryl methyl sites for hydroxylation is 3. The molecule has 11 nitrogen and oxygen atoms in total. The molecule has 1 aliphatic rings. The number of aliphatic carboxylic acids is 1. The van der Waals surface area contributed by atoms with Gasteiger partial charge in [0.25, 0.3) is 5.95 Å². The summed E-state index contributed by atoms with van der Waals surface area (Å²) in [4.78, 5) is 20.3. The van der Waals surface area contributed by atoms with E-state index in [2.05, 4.69) is 37.7 Å². The number of carboxylic acid groups (broad SMARTS) is 1. The van der Waals surface area contributed by atoms with Gasteiger partial charge < -0.3 is 19.7 Å². The van der Waals surface area contributed by atoms with Gasteiger partial charge >= 0.3 is 5.97 Å². The lowest BCUT2D eigenvalue weighted by Crippen LogP contribution is -2.29. The molecule has 0 radical (unpaired) electrons. The van der Waals surface area contributed by atoms with Crippen LogP contribution >= 0.6 is 0 Å². The molecular formula is C22H29N7O4. The van der Waals surface area contributed by atoms with Crippen LogP contribution < -0.4 is 10.1 Å². The summed E-state index contributed by atoms with van der Waals surface area (Å²) >= 11 is 0. The molecule has 3 heterocycles. The number of pyridine rings is 1. The molecule has 2 atom stereocenters. The summed E-state index contributed by atoms with van der Waals surface area (Å²) in [5, 5.41) is 24.8. The molecule has 2 N–H and O–H groups in total. The van der Waals surface area contributed by atoms with E-state index in [1.807, 2.05) is 26.1 Å². The molecule has 33 heavy (non-hydrogen) atoms. The van der Waals surface area contributed by atoms with E-state index in [0.29, 0.717) is 48.4 Å². The van der Waals surface area contributed by atoms with E-state index in [0.717, 1.165) is 37.1 Å². The van der Waals surface area contributed by atoms with Crippen molar-refractivity contribution in [1.82, 2.24) is 30.1 Å². The second-order valence-electron chi connectivity index (χ2n) is 8.35. The minimum Gasteiger partial charge on any atom is -0.489 e. The van der Waals surface area contributed by atoms with Gasteiger partial charge in [0.05, 0.1) is 35.6 Å². The molecule has 0 spiro atoms. The molecule has 1 fully saturated rings. The fourth-order valence-electron chi connectivity index (χ4n) is 4.04. The topological polar surface area (TPSA) is 141 Å². The summed E-state index contributed by atoms with van der Waals surface area (Å²) in [6.45, 7) is 4.33. The first-order valence-electron chi connectivity index (χ1n) is 11.3. The number of anilines is 1. The predicted octanol–water partition coefficient (Wildman–Crippen LogP) is 3.16. The second kappa shape index (κ2) is 9.97. The first-order chi connectivity index (χ1) is 15.9. The van der Waals surface area contributed by atoms with Crippen LogP contribution in [0.3, 0.4) is 0 Å². The van der Waals surface area contributed by atoms with Crippen molar-refractivity contribution < 1.29 is 19.2 Å². The van der Waals surface area contributed by atoms with Gasteiger partial charge in [0.1, 0.15) is 11.4 Å². The molecule has 0 aliphatic heterocycles. The minimum absolute atomic E-state index is 0.116. The van der Waals surface area contributed by atoms with Crippen LogP contribution in [-0.2, 0) is 24.8 Å².